The number of fused-ring (bicyclic) bond motifs is 3. The van der Waals surface area contributed by atoms with Gasteiger partial charge in [-0.3, -0.25) is 0 Å². The lowest BCUT2D eigenvalue weighted by Crippen LogP contribution is -2.01. The smallest absolute Gasteiger partial charge is 0.0500 e. The molecule has 0 aliphatic heterocycles. The molecule has 0 amide bonds. The van der Waals surface area contributed by atoms with E-state index in [-0.39, 0.29) is 0 Å². The molecule has 0 unspecified atom stereocenters. The molecule has 0 bridgehead atoms. The van der Waals surface area contributed by atoms with Crippen molar-refractivity contribution >= 4 is 12.2 Å². The Balaban J connectivity index is 2.00. The van der Waals surface area contributed by atoms with Gasteiger partial charge >= 0.3 is 0 Å². The first-order valence-electron chi connectivity index (χ1n) is 7.68. The third kappa shape index (κ3) is 2.01. The van der Waals surface area contributed by atoms with Gasteiger partial charge in [-0.1, -0.05) is 42.0 Å². The van der Waals surface area contributed by atoms with E-state index in [1.807, 2.05) is 0 Å². The summed E-state index contributed by atoms with van der Waals surface area (Å²) in [5.74, 6) is 0. The third-order valence-electron chi connectivity index (χ3n) is 4.42. The fourth-order valence-corrected chi connectivity index (χ4v) is 3.37. The van der Waals surface area contributed by atoms with Crippen LogP contribution in [-0.2, 0) is 12.8 Å². The molecule has 0 saturated carbocycles. The van der Waals surface area contributed by atoms with Crippen LogP contribution in [-0.4, -0.2) is 4.57 Å². The maximum atomic E-state index is 2.42. The zero-order chi connectivity index (χ0) is 14.2. The SMILES string of the molecule is Cc1ccc(-n2c3c(c4c2C=CCC4)CC=CC=C3)cc1. The Morgan fingerprint density at radius 3 is 2.52 bits per heavy atom. The predicted octanol–water partition coefficient (Wildman–Crippen LogP) is 4.87. The summed E-state index contributed by atoms with van der Waals surface area (Å²) in [7, 11) is 0. The molecular weight excluding hydrogens is 254 g/mol. The van der Waals surface area contributed by atoms with Crippen LogP contribution in [0.5, 0.6) is 0 Å². The lowest BCUT2D eigenvalue weighted by molar-refractivity contribution is 0.949. The van der Waals surface area contributed by atoms with Crippen molar-refractivity contribution in [2.45, 2.75) is 26.2 Å². The molecule has 4 rings (SSSR count). The zero-order valence-electron chi connectivity index (χ0n) is 12.3. The number of aromatic nitrogens is 1. The summed E-state index contributed by atoms with van der Waals surface area (Å²) < 4.78 is 2.42. The molecule has 0 spiro atoms. The molecule has 0 N–H and O–H groups in total. The molecule has 0 fully saturated rings. The summed E-state index contributed by atoms with van der Waals surface area (Å²) >= 11 is 0. The van der Waals surface area contributed by atoms with Gasteiger partial charge in [-0.15, -0.1) is 0 Å². The molecule has 2 aliphatic rings. The minimum atomic E-state index is 1.04. The normalized spacial score (nSPS) is 15.7. The second kappa shape index (κ2) is 4.92. The summed E-state index contributed by atoms with van der Waals surface area (Å²) in [6.45, 7) is 2.14. The lowest BCUT2D eigenvalue weighted by atomic mass is 9.97. The highest BCUT2D eigenvalue weighted by atomic mass is 15.0. The van der Waals surface area contributed by atoms with Crippen LogP contribution in [0.15, 0.2) is 48.6 Å². The van der Waals surface area contributed by atoms with E-state index in [4.69, 9.17) is 0 Å². The van der Waals surface area contributed by atoms with Gasteiger partial charge in [0.15, 0.2) is 0 Å². The van der Waals surface area contributed by atoms with Gasteiger partial charge in [-0.2, -0.15) is 0 Å². The van der Waals surface area contributed by atoms with Gasteiger partial charge in [0.1, 0.15) is 0 Å². The summed E-state index contributed by atoms with van der Waals surface area (Å²) in [5, 5.41) is 0. The van der Waals surface area contributed by atoms with E-state index in [2.05, 4.69) is 72.2 Å². The number of nitrogens with zero attached hydrogens (tertiary/aromatic N) is 1. The number of benzene rings is 1. The molecule has 1 heterocycles. The Morgan fingerprint density at radius 2 is 1.67 bits per heavy atom. The molecule has 2 aromatic rings. The maximum absolute atomic E-state index is 2.42. The van der Waals surface area contributed by atoms with Gasteiger partial charge in [0, 0.05) is 17.1 Å². The van der Waals surface area contributed by atoms with Crippen LogP contribution in [0.2, 0.25) is 0 Å². The van der Waals surface area contributed by atoms with E-state index in [0.29, 0.717) is 0 Å². The van der Waals surface area contributed by atoms with E-state index in [1.165, 1.54) is 33.8 Å². The second-order valence-electron chi connectivity index (χ2n) is 5.83. The summed E-state index contributed by atoms with van der Waals surface area (Å²) in [5.41, 5.74) is 8.31. The van der Waals surface area contributed by atoms with Crippen LogP contribution in [0.4, 0.5) is 0 Å². The van der Waals surface area contributed by atoms with Gasteiger partial charge in [-0.05, 0) is 61.6 Å². The van der Waals surface area contributed by atoms with Gasteiger partial charge in [0.05, 0.1) is 0 Å². The molecule has 0 atom stereocenters. The van der Waals surface area contributed by atoms with Crippen LogP contribution in [0, 0.1) is 6.92 Å². The highest BCUT2D eigenvalue weighted by Crippen LogP contribution is 2.34. The van der Waals surface area contributed by atoms with E-state index in [1.54, 1.807) is 0 Å². The first-order valence-corrected chi connectivity index (χ1v) is 7.68. The van der Waals surface area contributed by atoms with Gasteiger partial charge in [0.2, 0.25) is 0 Å². The first-order chi connectivity index (χ1) is 10.3. The Hall–Kier alpha value is -2.28. The molecule has 1 nitrogen and oxygen atoms in total. The standard InChI is InChI=1S/C20H19N/c1-15-11-13-16(14-12-15)21-19-9-4-2-3-7-17(19)18-8-5-6-10-20(18)21/h2-4,6,9-14H,5,7-8H2,1H3. The van der Waals surface area contributed by atoms with Crippen molar-refractivity contribution in [2.75, 3.05) is 0 Å². The fraction of sp³-hybridized carbons (Fsp3) is 0.200. The highest BCUT2D eigenvalue weighted by Gasteiger charge is 2.21. The fourth-order valence-electron chi connectivity index (χ4n) is 3.37. The van der Waals surface area contributed by atoms with E-state index in [9.17, 15) is 0 Å². The third-order valence-corrected chi connectivity index (χ3v) is 4.42. The van der Waals surface area contributed by atoms with Gasteiger partial charge in [-0.25, -0.2) is 0 Å². The van der Waals surface area contributed by atoms with Crippen LogP contribution < -0.4 is 0 Å². The number of rotatable bonds is 1. The van der Waals surface area contributed by atoms with Crippen LogP contribution in [0.1, 0.15) is 34.5 Å². The largest absolute Gasteiger partial charge is 0.310 e. The average molecular weight is 273 g/mol. The predicted molar refractivity (Wildman–Crippen MR) is 89.7 cm³/mol. The van der Waals surface area contributed by atoms with Crippen LogP contribution in [0.25, 0.3) is 17.8 Å². The van der Waals surface area contributed by atoms with Gasteiger partial charge in [0.25, 0.3) is 0 Å². The minimum Gasteiger partial charge on any atom is -0.310 e. The van der Waals surface area contributed by atoms with E-state index >= 15 is 0 Å². The monoisotopic (exact) mass is 273 g/mol. The highest BCUT2D eigenvalue weighted by molar-refractivity contribution is 5.69. The quantitative estimate of drug-likeness (QED) is 0.698. The van der Waals surface area contributed by atoms with Crippen molar-refractivity contribution in [3.05, 3.63) is 76.6 Å². The zero-order valence-corrected chi connectivity index (χ0v) is 12.3. The van der Waals surface area contributed by atoms with Crippen molar-refractivity contribution < 1.29 is 0 Å². The molecule has 2 aliphatic carbocycles. The summed E-state index contributed by atoms with van der Waals surface area (Å²) in [4.78, 5) is 0. The van der Waals surface area contributed by atoms with E-state index in [0.717, 1.165) is 19.3 Å². The molecule has 1 heteroatoms. The van der Waals surface area contributed by atoms with Crippen molar-refractivity contribution in [3.63, 3.8) is 0 Å². The van der Waals surface area contributed by atoms with Crippen molar-refractivity contribution in [2.24, 2.45) is 0 Å². The Bertz CT molecular complexity index is 767. The summed E-state index contributed by atoms with van der Waals surface area (Å²) in [6.07, 6.45) is 16.8. The molecule has 1 aromatic carbocycles. The Labute approximate surface area is 125 Å². The number of hydrogen-bond acceptors (Lipinski definition) is 0. The minimum absolute atomic E-state index is 1.04. The topological polar surface area (TPSA) is 4.93 Å². The van der Waals surface area contributed by atoms with Crippen molar-refractivity contribution in [3.8, 4) is 5.69 Å². The molecule has 1 aromatic heterocycles. The Morgan fingerprint density at radius 1 is 0.857 bits per heavy atom. The molecule has 21 heavy (non-hydrogen) atoms. The van der Waals surface area contributed by atoms with Gasteiger partial charge < -0.3 is 4.57 Å². The van der Waals surface area contributed by atoms with Crippen LogP contribution in [0.3, 0.4) is 0 Å². The maximum Gasteiger partial charge on any atom is 0.0500 e. The molecule has 0 saturated heterocycles. The number of aryl methyl sites for hydroxylation is 1. The molecule has 104 valence electrons. The first kappa shape index (κ1) is 12.5. The van der Waals surface area contributed by atoms with Crippen molar-refractivity contribution in [1.29, 1.82) is 0 Å². The lowest BCUT2D eigenvalue weighted by Gasteiger charge is -2.13. The van der Waals surface area contributed by atoms with E-state index < -0.39 is 0 Å². The summed E-state index contributed by atoms with van der Waals surface area (Å²) in [6, 6.07) is 8.84. The second-order valence-corrected chi connectivity index (χ2v) is 5.83. The van der Waals surface area contributed by atoms with Crippen LogP contribution >= 0.6 is 0 Å². The number of hydrogen-bond donors (Lipinski definition) is 0. The van der Waals surface area contributed by atoms with Crippen molar-refractivity contribution in [1.82, 2.24) is 4.57 Å². The molecular formula is C20H19N. The Kier molecular flexibility index (Phi) is 2.92. The molecule has 0 radical (unpaired) electrons. The average Bonchev–Trinajstić information content (AvgIpc) is 2.67. The number of allylic oxidation sites excluding steroid dienone is 4.